The molecule has 0 unspecified atom stereocenters. The predicted molar refractivity (Wildman–Crippen MR) is 104 cm³/mol. The summed E-state index contributed by atoms with van der Waals surface area (Å²) in [6.45, 7) is 0.912. The van der Waals surface area contributed by atoms with E-state index in [-0.39, 0.29) is 5.91 Å². The fourth-order valence-electron chi connectivity index (χ4n) is 2.53. The summed E-state index contributed by atoms with van der Waals surface area (Å²) in [5, 5.41) is 6.01. The first-order chi connectivity index (χ1) is 13.7. The minimum Gasteiger partial charge on any atom is -0.493 e. The number of pyridine rings is 1. The highest BCUT2D eigenvalue weighted by Gasteiger charge is 2.09. The van der Waals surface area contributed by atoms with Crippen molar-refractivity contribution in [2.45, 2.75) is 13.1 Å². The molecule has 0 aliphatic rings. The van der Waals surface area contributed by atoms with Crippen LogP contribution in [0.15, 0.2) is 55.1 Å². The molecule has 0 saturated carbocycles. The molecule has 1 aromatic carbocycles. The molecule has 2 N–H and O–H groups in total. The standard InChI is InChI=1S/C20H21N5O3/c1-27-17-4-3-15(9-18(17)28-2)12-22-19-10-16(24-13-25-19)20(26)23-11-14-5-7-21-8-6-14/h3-10,13H,11-12H2,1-2H3,(H,23,26)(H,22,24,25). The van der Waals surface area contributed by atoms with Gasteiger partial charge in [-0.1, -0.05) is 6.07 Å². The summed E-state index contributed by atoms with van der Waals surface area (Å²) in [7, 11) is 3.19. The number of methoxy groups -OCH3 is 2. The summed E-state index contributed by atoms with van der Waals surface area (Å²) in [5.41, 5.74) is 2.24. The number of hydrogen-bond donors (Lipinski definition) is 2. The number of hydrogen-bond acceptors (Lipinski definition) is 7. The number of carbonyl (C=O) groups is 1. The van der Waals surface area contributed by atoms with Crippen LogP contribution in [0.1, 0.15) is 21.6 Å². The van der Waals surface area contributed by atoms with Gasteiger partial charge in [0.15, 0.2) is 11.5 Å². The Hall–Kier alpha value is -3.68. The van der Waals surface area contributed by atoms with Gasteiger partial charge in [-0.15, -0.1) is 0 Å². The molecule has 1 amide bonds. The second-order valence-electron chi connectivity index (χ2n) is 5.87. The monoisotopic (exact) mass is 379 g/mol. The third-order valence-corrected chi connectivity index (χ3v) is 4.02. The number of carbonyl (C=O) groups excluding carboxylic acids is 1. The van der Waals surface area contributed by atoms with Gasteiger partial charge in [0.25, 0.3) is 5.91 Å². The minimum absolute atomic E-state index is 0.270. The summed E-state index contributed by atoms with van der Waals surface area (Å²) < 4.78 is 10.5. The number of rotatable bonds is 8. The molecule has 2 heterocycles. The number of aromatic nitrogens is 3. The zero-order chi connectivity index (χ0) is 19.8. The van der Waals surface area contributed by atoms with E-state index in [1.807, 2.05) is 30.3 Å². The number of ether oxygens (including phenoxy) is 2. The molecule has 8 heteroatoms. The van der Waals surface area contributed by atoms with Gasteiger partial charge in [-0.2, -0.15) is 0 Å². The lowest BCUT2D eigenvalue weighted by Crippen LogP contribution is -2.24. The molecule has 2 aromatic heterocycles. The highest BCUT2D eigenvalue weighted by atomic mass is 16.5. The third kappa shape index (κ3) is 4.94. The van der Waals surface area contributed by atoms with E-state index in [1.54, 1.807) is 32.7 Å². The van der Waals surface area contributed by atoms with Gasteiger partial charge < -0.3 is 20.1 Å². The first kappa shape index (κ1) is 19.1. The minimum atomic E-state index is -0.270. The summed E-state index contributed by atoms with van der Waals surface area (Å²) in [6.07, 6.45) is 4.73. The van der Waals surface area contributed by atoms with E-state index < -0.39 is 0 Å². The molecular weight excluding hydrogens is 358 g/mol. The Bertz CT molecular complexity index is 934. The molecule has 3 rings (SSSR count). The van der Waals surface area contributed by atoms with Crippen LogP contribution in [0, 0.1) is 0 Å². The number of benzene rings is 1. The van der Waals surface area contributed by atoms with Gasteiger partial charge in [-0.25, -0.2) is 9.97 Å². The fourth-order valence-corrected chi connectivity index (χ4v) is 2.53. The zero-order valence-electron chi connectivity index (χ0n) is 15.7. The molecule has 0 radical (unpaired) electrons. The molecule has 0 saturated heterocycles. The average molecular weight is 379 g/mol. The molecule has 0 aliphatic carbocycles. The van der Waals surface area contributed by atoms with Crippen LogP contribution in [0.5, 0.6) is 11.5 Å². The van der Waals surface area contributed by atoms with Crippen LogP contribution in [-0.2, 0) is 13.1 Å². The van der Waals surface area contributed by atoms with Crippen LogP contribution in [-0.4, -0.2) is 35.1 Å². The van der Waals surface area contributed by atoms with Gasteiger partial charge in [0.05, 0.1) is 14.2 Å². The van der Waals surface area contributed by atoms with E-state index in [4.69, 9.17) is 9.47 Å². The van der Waals surface area contributed by atoms with Crippen molar-refractivity contribution in [3.63, 3.8) is 0 Å². The van der Waals surface area contributed by atoms with Crippen LogP contribution >= 0.6 is 0 Å². The number of anilines is 1. The second-order valence-corrected chi connectivity index (χ2v) is 5.87. The van der Waals surface area contributed by atoms with Crippen LogP contribution in [0.2, 0.25) is 0 Å². The van der Waals surface area contributed by atoms with Crippen molar-refractivity contribution in [1.82, 2.24) is 20.3 Å². The van der Waals surface area contributed by atoms with E-state index >= 15 is 0 Å². The Morgan fingerprint density at radius 1 is 0.929 bits per heavy atom. The summed E-state index contributed by atoms with van der Waals surface area (Å²) in [5.74, 6) is 1.61. The lowest BCUT2D eigenvalue weighted by Gasteiger charge is -2.11. The van der Waals surface area contributed by atoms with Crippen molar-refractivity contribution in [3.05, 3.63) is 71.9 Å². The Morgan fingerprint density at radius 2 is 1.71 bits per heavy atom. The summed E-state index contributed by atoms with van der Waals surface area (Å²) >= 11 is 0. The Kier molecular flexibility index (Phi) is 6.35. The van der Waals surface area contributed by atoms with Crippen LogP contribution < -0.4 is 20.1 Å². The van der Waals surface area contributed by atoms with Crippen molar-refractivity contribution in [1.29, 1.82) is 0 Å². The summed E-state index contributed by atoms with van der Waals surface area (Å²) in [6, 6.07) is 11.0. The van der Waals surface area contributed by atoms with E-state index in [2.05, 4.69) is 25.6 Å². The van der Waals surface area contributed by atoms with Crippen LogP contribution in [0.4, 0.5) is 5.82 Å². The van der Waals surface area contributed by atoms with Crippen molar-refractivity contribution in [2.75, 3.05) is 19.5 Å². The maximum Gasteiger partial charge on any atom is 0.270 e. The van der Waals surface area contributed by atoms with Crippen molar-refractivity contribution >= 4 is 11.7 Å². The predicted octanol–water partition coefficient (Wildman–Crippen LogP) is 2.43. The van der Waals surface area contributed by atoms with E-state index in [0.717, 1.165) is 11.1 Å². The second kappa shape index (κ2) is 9.31. The number of amides is 1. The van der Waals surface area contributed by atoms with Crippen molar-refractivity contribution in [3.8, 4) is 11.5 Å². The molecule has 0 atom stereocenters. The molecule has 0 bridgehead atoms. The maximum atomic E-state index is 12.3. The Balaban J connectivity index is 1.61. The Labute approximate surface area is 163 Å². The fraction of sp³-hybridized carbons (Fsp3) is 0.200. The first-order valence-corrected chi connectivity index (χ1v) is 8.63. The highest BCUT2D eigenvalue weighted by molar-refractivity contribution is 5.92. The number of nitrogens with one attached hydrogen (secondary N) is 2. The van der Waals surface area contributed by atoms with Gasteiger partial charge in [0.2, 0.25) is 0 Å². The Morgan fingerprint density at radius 3 is 2.46 bits per heavy atom. The SMILES string of the molecule is COc1ccc(CNc2cc(C(=O)NCc3ccncc3)ncn2)cc1OC. The summed E-state index contributed by atoms with van der Waals surface area (Å²) in [4.78, 5) is 24.5. The van der Waals surface area contributed by atoms with Gasteiger partial charge in [0, 0.05) is 31.5 Å². The van der Waals surface area contributed by atoms with Crippen molar-refractivity contribution in [2.24, 2.45) is 0 Å². The lowest BCUT2D eigenvalue weighted by atomic mass is 10.2. The zero-order valence-corrected chi connectivity index (χ0v) is 15.7. The molecule has 28 heavy (non-hydrogen) atoms. The highest BCUT2D eigenvalue weighted by Crippen LogP contribution is 2.27. The molecule has 0 aliphatic heterocycles. The molecule has 0 fully saturated rings. The molecule has 0 spiro atoms. The largest absolute Gasteiger partial charge is 0.493 e. The number of nitrogens with zero attached hydrogens (tertiary/aromatic N) is 3. The average Bonchev–Trinajstić information content (AvgIpc) is 2.76. The smallest absolute Gasteiger partial charge is 0.270 e. The normalized spacial score (nSPS) is 10.2. The van der Waals surface area contributed by atoms with E-state index in [9.17, 15) is 4.79 Å². The molecule has 3 aromatic rings. The van der Waals surface area contributed by atoms with E-state index in [0.29, 0.717) is 36.1 Å². The third-order valence-electron chi connectivity index (χ3n) is 4.02. The molecule has 8 nitrogen and oxygen atoms in total. The molecule has 144 valence electrons. The first-order valence-electron chi connectivity index (χ1n) is 8.63. The molecular formula is C20H21N5O3. The van der Waals surface area contributed by atoms with Gasteiger partial charge >= 0.3 is 0 Å². The maximum absolute atomic E-state index is 12.3. The van der Waals surface area contributed by atoms with Crippen LogP contribution in [0.25, 0.3) is 0 Å². The van der Waals surface area contributed by atoms with Gasteiger partial charge in [0.1, 0.15) is 17.8 Å². The van der Waals surface area contributed by atoms with Crippen LogP contribution in [0.3, 0.4) is 0 Å². The quantitative estimate of drug-likeness (QED) is 0.620. The topological polar surface area (TPSA) is 98.3 Å². The van der Waals surface area contributed by atoms with Crippen molar-refractivity contribution < 1.29 is 14.3 Å². The lowest BCUT2D eigenvalue weighted by molar-refractivity contribution is 0.0946. The van der Waals surface area contributed by atoms with Gasteiger partial charge in [-0.05, 0) is 35.4 Å². The van der Waals surface area contributed by atoms with Gasteiger partial charge in [-0.3, -0.25) is 9.78 Å². The van der Waals surface area contributed by atoms with E-state index in [1.165, 1.54) is 6.33 Å².